The molecule has 2 bridgehead atoms. The van der Waals surface area contributed by atoms with Gasteiger partial charge in [0.15, 0.2) is 0 Å². The predicted molar refractivity (Wildman–Crippen MR) is 74.5 cm³/mol. The van der Waals surface area contributed by atoms with Gasteiger partial charge in [0.25, 0.3) is 0 Å². The van der Waals surface area contributed by atoms with Crippen LogP contribution in [0.4, 0.5) is 0 Å². The van der Waals surface area contributed by atoms with Gasteiger partial charge in [0.05, 0.1) is 19.4 Å². The predicted octanol–water partition coefficient (Wildman–Crippen LogP) is 1.78. The molecule has 0 saturated carbocycles. The van der Waals surface area contributed by atoms with Gasteiger partial charge in [-0.1, -0.05) is 0 Å². The van der Waals surface area contributed by atoms with E-state index in [-0.39, 0.29) is 5.97 Å². The summed E-state index contributed by atoms with van der Waals surface area (Å²) in [6, 6.07) is 2.96. The second kappa shape index (κ2) is 5.97. The fourth-order valence-electron chi connectivity index (χ4n) is 3.22. The summed E-state index contributed by atoms with van der Waals surface area (Å²) in [7, 11) is 0. The number of ether oxygens (including phenoxy) is 1. The van der Waals surface area contributed by atoms with E-state index in [2.05, 4.69) is 10.2 Å². The van der Waals surface area contributed by atoms with Crippen LogP contribution < -0.4 is 5.32 Å². The number of rotatable bonds is 4. The van der Waals surface area contributed by atoms with E-state index in [9.17, 15) is 4.79 Å². The fourth-order valence-corrected chi connectivity index (χ4v) is 3.22. The van der Waals surface area contributed by atoms with E-state index in [1.165, 1.54) is 19.3 Å². The Labute approximate surface area is 119 Å². The molecule has 2 atom stereocenters. The van der Waals surface area contributed by atoms with Crippen LogP contribution in [-0.2, 0) is 11.3 Å². The van der Waals surface area contributed by atoms with E-state index in [4.69, 9.17) is 9.15 Å². The van der Waals surface area contributed by atoms with Crippen molar-refractivity contribution >= 4 is 5.97 Å². The first-order chi connectivity index (χ1) is 9.76. The average molecular weight is 278 g/mol. The molecule has 2 aliphatic rings. The van der Waals surface area contributed by atoms with Crippen molar-refractivity contribution in [1.82, 2.24) is 10.2 Å². The number of nitrogens with zero attached hydrogens (tertiary/aromatic N) is 1. The SMILES string of the molecule is CCOC(=O)c1ccoc1CN1CCC2CCC(C1)N2. The van der Waals surface area contributed by atoms with Crippen molar-refractivity contribution in [3.8, 4) is 0 Å². The fraction of sp³-hybridized carbons (Fsp3) is 0.667. The van der Waals surface area contributed by atoms with Crippen molar-refractivity contribution in [2.45, 2.75) is 44.8 Å². The van der Waals surface area contributed by atoms with Crippen LogP contribution in [0.15, 0.2) is 16.7 Å². The molecule has 5 heteroatoms. The molecule has 20 heavy (non-hydrogen) atoms. The van der Waals surface area contributed by atoms with Crippen LogP contribution >= 0.6 is 0 Å². The Morgan fingerprint density at radius 3 is 3.15 bits per heavy atom. The molecule has 0 aromatic carbocycles. The largest absolute Gasteiger partial charge is 0.467 e. The molecule has 0 radical (unpaired) electrons. The Bertz CT molecular complexity index is 471. The molecule has 2 aliphatic heterocycles. The number of fused-ring (bicyclic) bond motifs is 2. The Morgan fingerprint density at radius 1 is 1.45 bits per heavy atom. The van der Waals surface area contributed by atoms with Gasteiger partial charge in [0, 0.05) is 25.2 Å². The van der Waals surface area contributed by atoms with Gasteiger partial charge in [-0.3, -0.25) is 4.90 Å². The minimum absolute atomic E-state index is 0.286. The molecule has 3 rings (SSSR count). The summed E-state index contributed by atoms with van der Waals surface area (Å²) >= 11 is 0. The zero-order valence-electron chi connectivity index (χ0n) is 11.9. The average Bonchev–Trinajstić information content (AvgIpc) is 2.99. The number of hydrogen-bond donors (Lipinski definition) is 1. The Kier molecular flexibility index (Phi) is 4.08. The van der Waals surface area contributed by atoms with E-state index in [0.29, 0.717) is 30.8 Å². The first-order valence-electron chi connectivity index (χ1n) is 7.48. The summed E-state index contributed by atoms with van der Waals surface area (Å²) in [4.78, 5) is 14.2. The van der Waals surface area contributed by atoms with E-state index >= 15 is 0 Å². The molecule has 0 spiro atoms. The highest BCUT2D eigenvalue weighted by Gasteiger charge is 2.30. The Hall–Kier alpha value is -1.33. The van der Waals surface area contributed by atoms with Crippen LogP contribution in [0.3, 0.4) is 0 Å². The molecule has 0 amide bonds. The molecule has 2 fully saturated rings. The first-order valence-corrected chi connectivity index (χ1v) is 7.48. The number of esters is 1. The summed E-state index contributed by atoms with van der Waals surface area (Å²) in [5.41, 5.74) is 0.564. The quantitative estimate of drug-likeness (QED) is 0.851. The summed E-state index contributed by atoms with van der Waals surface area (Å²) in [6.45, 7) is 4.97. The lowest BCUT2D eigenvalue weighted by molar-refractivity contribution is 0.0522. The first kappa shape index (κ1) is 13.6. The maximum Gasteiger partial charge on any atom is 0.341 e. The van der Waals surface area contributed by atoms with E-state index in [1.54, 1.807) is 12.3 Å². The highest BCUT2D eigenvalue weighted by Crippen LogP contribution is 2.22. The smallest absolute Gasteiger partial charge is 0.341 e. The van der Waals surface area contributed by atoms with Crippen LogP contribution in [0.5, 0.6) is 0 Å². The van der Waals surface area contributed by atoms with Gasteiger partial charge in [-0.25, -0.2) is 4.79 Å². The Morgan fingerprint density at radius 2 is 2.30 bits per heavy atom. The van der Waals surface area contributed by atoms with Gasteiger partial charge < -0.3 is 14.5 Å². The normalized spacial score (nSPS) is 26.4. The van der Waals surface area contributed by atoms with Crippen molar-refractivity contribution in [1.29, 1.82) is 0 Å². The Balaban J connectivity index is 1.65. The minimum Gasteiger partial charge on any atom is -0.467 e. The van der Waals surface area contributed by atoms with Crippen molar-refractivity contribution in [2.75, 3.05) is 19.7 Å². The number of carbonyl (C=O) groups excluding carboxylic acids is 1. The lowest BCUT2D eigenvalue weighted by Gasteiger charge is -2.23. The van der Waals surface area contributed by atoms with Gasteiger partial charge in [0.1, 0.15) is 11.3 Å². The van der Waals surface area contributed by atoms with Crippen LogP contribution in [0.25, 0.3) is 0 Å². The zero-order chi connectivity index (χ0) is 13.9. The van der Waals surface area contributed by atoms with Crippen LogP contribution in [0, 0.1) is 0 Å². The molecule has 1 aromatic heterocycles. The van der Waals surface area contributed by atoms with E-state index in [0.717, 1.165) is 18.8 Å². The molecule has 1 aromatic rings. The highest BCUT2D eigenvalue weighted by atomic mass is 16.5. The molecule has 5 nitrogen and oxygen atoms in total. The topological polar surface area (TPSA) is 54.7 Å². The highest BCUT2D eigenvalue weighted by molar-refractivity contribution is 5.90. The van der Waals surface area contributed by atoms with Gasteiger partial charge in [-0.05, 0) is 32.3 Å². The van der Waals surface area contributed by atoms with Crippen LogP contribution in [0.2, 0.25) is 0 Å². The maximum atomic E-state index is 11.9. The van der Waals surface area contributed by atoms with Crippen LogP contribution in [-0.4, -0.2) is 42.6 Å². The third kappa shape index (κ3) is 2.88. The number of hydrogen-bond acceptors (Lipinski definition) is 5. The summed E-state index contributed by atoms with van der Waals surface area (Å²) in [6.07, 6.45) is 5.30. The molecule has 3 heterocycles. The van der Waals surface area contributed by atoms with Crippen molar-refractivity contribution < 1.29 is 13.9 Å². The number of furan rings is 1. The molecule has 0 aliphatic carbocycles. The number of likely N-dealkylation sites (tertiary alicyclic amines) is 1. The van der Waals surface area contributed by atoms with Gasteiger partial charge >= 0.3 is 5.97 Å². The lowest BCUT2D eigenvalue weighted by atomic mass is 10.1. The monoisotopic (exact) mass is 278 g/mol. The maximum absolute atomic E-state index is 11.9. The molecular formula is C15H22N2O3. The third-order valence-corrected chi connectivity index (χ3v) is 4.22. The lowest BCUT2D eigenvalue weighted by Crippen LogP contribution is -2.35. The van der Waals surface area contributed by atoms with E-state index in [1.807, 2.05) is 6.92 Å². The molecule has 110 valence electrons. The van der Waals surface area contributed by atoms with Crippen molar-refractivity contribution in [2.24, 2.45) is 0 Å². The number of nitrogens with one attached hydrogen (secondary N) is 1. The van der Waals surface area contributed by atoms with Crippen molar-refractivity contribution in [3.05, 3.63) is 23.7 Å². The minimum atomic E-state index is -0.286. The third-order valence-electron chi connectivity index (χ3n) is 4.22. The number of carbonyl (C=O) groups is 1. The molecule has 2 unspecified atom stereocenters. The zero-order valence-corrected chi connectivity index (χ0v) is 11.9. The summed E-state index contributed by atoms with van der Waals surface area (Å²) in [5.74, 6) is 0.437. The van der Waals surface area contributed by atoms with Crippen LogP contribution in [0.1, 0.15) is 42.3 Å². The van der Waals surface area contributed by atoms with Gasteiger partial charge in [-0.2, -0.15) is 0 Å². The van der Waals surface area contributed by atoms with Gasteiger partial charge in [0.2, 0.25) is 0 Å². The second-order valence-corrected chi connectivity index (χ2v) is 5.64. The summed E-state index contributed by atoms with van der Waals surface area (Å²) in [5, 5.41) is 3.66. The van der Waals surface area contributed by atoms with E-state index < -0.39 is 0 Å². The molecule has 2 saturated heterocycles. The standard InChI is InChI=1S/C15H22N2O3/c1-2-19-15(18)13-6-8-20-14(13)10-17-7-5-11-3-4-12(9-17)16-11/h6,8,11-12,16H,2-5,7,9-10H2,1H3. The molecule has 1 N–H and O–H groups in total. The molecular weight excluding hydrogens is 256 g/mol. The summed E-state index contributed by atoms with van der Waals surface area (Å²) < 4.78 is 10.6. The van der Waals surface area contributed by atoms with Crippen molar-refractivity contribution in [3.63, 3.8) is 0 Å². The van der Waals surface area contributed by atoms with Gasteiger partial charge in [-0.15, -0.1) is 0 Å². The second-order valence-electron chi connectivity index (χ2n) is 5.64.